The number of hydrogen-bond acceptors (Lipinski definition) is 2. The molecule has 4 atom stereocenters. The van der Waals surface area contributed by atoms with Gasteiger partial charge in [-0.25, -0.2) is 4.79 Å². The smallest absolute Gasteiger partial charge is 0.319 e. The van der Waals surface area contributed by atoms with Crippen molar-refractivity contribution in [1.82, 2.24) is 5.32 Å². The van der Waals surface area contributed by atoms with Gasteiger partial charge in [0.2, 0.25) is 0 Å². The fraction of sp³-hybridized carbons (Fsp3) is 0.632. The van der Waals surface area contributed by atoms with E-state index < -0.39 is 0 Å². The van der Waals surface area contributed by atoms with Crippen LogP contribution in [0.25, 0.3) is 0 Å². The van der Waals surface area contributed by atoms with Crippen LogP contribution in [0, 0.1) is 0 Å². The standard InChI is InChI=1S/C19H27N3OS/c1-24-18-9-5-13(6-10-18)20-19(23)21-14-11-16-3-2-4-17(12-14)22(16)15-7-8-15/h5-6,9-10,14-17H,2-4,7-8,11-12H2,1H3,(H2,20,21,23)/p+1/t14?,16-,17+. The van der Waals surface area contributed by atoms with Gasteiger partial charge in [0.25, 0.3) is 0 Å². The molecule has 2 heterocycles. The number of anilines is 1. The van der Waals surface area contributed by atoms with Gasteiger partial charge in [-0.05, 0) is 49.8 Å². The molecule has 2 saturated heterocycles. The molecule has 2 aliphatic heterocycles. The molecular weight excluding hydrogens is 318 g/mol. The Balaban J connectivity index is 1.32. The van der Waals surface area contributed by atoms with E-state index in [0.29, 0.717) is 6.04 Å². The molecule has 2 unspecified atom stereocenters. The zero-order chi connectivity index (χ0) is 16.5. The lowest BCUT2D eigenvalue weighted by molar-refractivity contribution is -0.971. The summed E-state index contributed by atoms with van der Waals surface area (Å²) in [5.74, 6) is 0. The SMILES string of the molecule is CSc1ccc(NC(=O)NC2C[C@H]3CCC[C@@H](C2)[NH+]3C2CC2)cc1. The average molecular weight is 347 g/mol. The second-order valence-electron chi connectivity index (χ2n) is 7.59. The summed E-state index contributed by atoms with van der Waals surface area (Å²) in [5.41, 5.74) is 0.867. The number of carbonyl (C=O) groups excluding carboxylic acids is 1. The molecule has 3 fully saturated rings. The quantitative estimate of drug-likeness (QED) is 0.734. The molecule has 5 heteroatoms. The minimum Gasteiger partial charge on any atom is -0.335 e. The summed E-state index contributed by atoms with van der Waals surface area (Å²) in [5, 5.41) is 6.22. The lowest BCUT2D eigenvalue weighted by Crippen LogP contribution is -3.22. The van der Waals surface area contributed by atoms with Crippen molar-refractivity contribution < 1.29 is 9.69 Å². The van der Waals surface area contributed by atoms with Gasteiger partial charge in [0.15, 0.2) is 0 Å². The second-order valence-corrected chi connectivity index (χ2v) is 8.47. The molecule has 1 aromatic rings. The second kappa shape index (κ2) is 6.96. The van der Waals surface area contributed by atoms with Gasteiger partial charge >= 0.3 is 6.03 Å². The third-order valence-electron chi connectivity index (χ3n) is 5.92. The van der Waals surface area contributed by atoms with Crippen molar-refractivity contribution in [2.24, 2.45) is 0 Å². The van der Waals surface area contributed by atoms with Gasteiger partial charge in [-0.1, -0.05) is 0 Å². The Hall–Kier alpha value is -1.20. The van der Waals surface area contributed by atoms with E-state index in [0.717, 1.165) is 36.7 Å². The van der Waals surface area contributed by atoms with E-state index in [9.17, 15) is 4.79 Å². The maximum absolute atomic E-state index is 12.3. The summed E-state index contributed by atoms with van der Waals surface area (Å²) in [7, 11) is 0. The number of fused-ring (bicyclic) bond motifs is 2. The summed E-state index contributed by atoms with van der Waals surface area (Å²) >= 11 is 1.71. The number of nitrogens with one attached hydrogen (secondary N) is 3. The topological polar surface area (TPSA) is 45.6 Å². The van der Waals surface area contributed by atoms with E-state index in [4.69, 9.17) is 0 Å². The van der Waals surface area contributed by atoms with Crippen molar-refractivity contribution in [1.29, 1.82) is 0 Å². The van der Waals surface area contributed by atoms with Gasteiger partial charge in [0.1, 0.15) is 0 Å². The summed E-state index contributed by atoms with van der Waals surface area (Å²) in [4.78, 5) is 15.4. The number of carbonyl (C=O) groups is 1. The fourth-order valence-electron chi connectivity index (χ4n) is 4.80. The monoisotopic (exact) mass is 346 g/mol. The predicted octanol–water partition coefficient (Wildman–Crippen LogP) is 2.66. The molecule has 2 bridgehead atoms. The molecule has 4 nitrogen and oxygen atoms in total. The van der Waals surface area contributed by atoms with Crippen LogP contribution >= 0.6 is 11.8 Å². The summed E-state index contributed by atoms with van der Waals surface area (Å²) in [6, 6.07) is 10.8. The van der Waals surface area contributed by atoms with Gasteiger partial charge in [0.05, 0.1) is 18.1 Å². The van der Waals surface area contributed by atoms with Crippen molar-refractivity contribution in [3.63, 3.8) is 0 Å². The van der Waals surface area contributed by atoms with Crippen LogP contribution in [0.2, 0.25) is 0 Å². The van der Waals surface area contributed by atoms with Crippen LogP contribution in [-0.2, 0) is 0 Å². The van der Waals surface area contributed by atoms with Crippen LogP contribution < -0.4 is 15.5 Å². The lowest BCUT2D eigenvalue weighted by Gasteiger charge is -2.46. The van der Waals surface area contributed by atoms with E-state index in [1.165, 1.54) is 37.0 Å². The van der Waals surface area contributed by atoms with Gasteiger partial charge < -0.3 is 15.5 Å². The first-order chi connectivity index (χ1) is 11.7. The maximum Gasteiger partial charge on any atom is 0.319 e. The highest BCUT2D eigenvalue weighted by molar-refractivity contribution is 7.98. The van der Waals surface area contributed by atoms with Crippen molar-refractivity contribution >= 4 is 23.5 Å². The van der Waals surface area contributed by atoms with E-state index in [-0.39, 0.29) is 6.03 Å². The summed E-state index contributed by atoms with van der Waals surface area (Å²) in [6.45, 7) is 0. The third-order valence-corrected chi connectivity index (χ3v) is 6.66. The minimum atomic E-state index is -0.0511. The number of piperidine rings is 2. The van der Waals surface area contributed by atoms with Crippen LogP contribution in [0.1, 0.15) is 44.9 Å². The molecule has 4 rings (SSSR count). The van der Waals surface area contributed by atoms with Crippen molar-refractivity contribution in [3.8, 4) is 0 Å². The first-order valence-electron chi connectivity index (χ1n) is 9.31. The largest absolute Gasteiger partial charge is 0.335 e. The van der Waals surface area contributed by atoms with E-state index in [1.54, 1.807) is 11.8 Å². The number of benzene rings is 1. The molecule has 2 amide bonds. The maximum atomic E-state index is 12.3. The fourth-order valence-corrected chi connectivity index (χ4v) is 5.20. The lowest BCUT2D eigenvalue weighted by atomic mass is 9.81. The van der Waals surface area contributed by atoms with Gasteiger partial charge in [0, 0.05) is 42.3 Å². The molecule has 3 N–H and O–H groups in total. The Kier molecular flexibility index (Phi) is 4.72. The molecule has 0 aromatic heterocycles. The molecular formula is C19H28N3OS+. The average Bonchev–Trinajstić information content (AvgIpc) is 3.39. The molecule has 1 saturated carbocycles. The number of rotatable bonds is 4. The molecule has 1 aromatic carbocycles. The Bertz CT molecular complexity index is 573. The highest BCUT2D eigenvalue weighted by Gasteiger charge is 2.48. The van der Waals surface area contributed by atoms with Crippen LogP contribution in [0.15, 0.2) is 29.2 Å². The van der Waals surface area contributed by atoms with Gasteiger partial charge in [-0.3, -0.25) is 0 Å². The highest BCUT2D eigenvalue weighted by atomic mass is 32.2. The van der Waals surface area contributed by atoms with Crippen LogP contribution in [-0.4, -0.2) is 36.5 Å². The van der Waals surface area contributed by atoms with Gasteiger partial charge in [-0.2, -0.15) is 0 Å². The Morgan fingerprint density at radius 3 is 2.29 bits per heavy atom. The molecule has 0 spiro atoms. The summed E-state index contributed by atoms with van der Waals surface area (Å²) in [6.07, 6.45) is 11.3. The molecule has 24 heavy (non-hydrogen) atoms. The first-order valence-corrected chi connectivity index (χ1v) is 10.5. The highest BCUT2D eigenvalue weighted by Crippen LogP contribution is 2.27. The number of thioether (sulfide) groups is 1. The predicted molar refractivity (Wildman–Crippen MR) is 98.8 cm³/mol. The van der Waals surface area contributed by atoms with Crippen molar-refractivity contribution in [2.75, 3.05) is 11.6 Å². The zero-order valence-corrected chi connectivity index (χ0v) is 15.2. The van der Waals surface area contributed by atoms with Crippen molar-refractivity contribution in [3.05, 3.63) is 24.3 Å². The number of amides is 2. The number of hydrogen-bond donors (Lipinski definition) is 3. The molecule has 0 radical (unpaired) electrons. The molecule has 1 aliphatic carbocycles. The van der Waals surface area contributed by atoms with E-state index >= 15 is 0 Å². The molecule has 130 valence electrons. The van der Waals surface area contributed by atoms with Crippen molar-refractivity contribution in [2.45, 2.75) is 74.0 Å². The number of quaternary nitrogens is 1. The van der Waals surface area contributed by atoms with Crippen LogP contribution in [0.4, 0.5) is 10.5 Å². The minimum absolute atomic E-state index is 0.0511. The summed E-state index contributed by atoms with van der Waals surface area (Å²) < 4.78 is 0. The molecule has 3 aliphatic rings. The van der Waals surface area contributed by atoms with E-state index in [2.05, 4.69) is 16.9 Å². The first kappa shape index (κ1) is 16.3. The number of urea groups is 1. The Morgan fingerprint density at radius 1 is 1.04 bits per heavy atom. The van der Waals surface area contributed by atoms with E-state index in [1.807, 2.05) is 29.2 Å². The Labute approximate surface area is 148 Å². The Morgan fingerprint density at radius 2 is 1.71 bits per heavy atom. The van der Waals surface area contributed by atoms with Gasteiger partial charge in [-0.15, -0.1) is 11.8 Å². The normalized spacial score (nSPS) is 32.2. The zero-order valence-electron chi connectivity index (χ0n) is 14.4. The van der Waals surface area contributed by atoms with Crippen LogP contribution in [0.5, 0.6) is 0 Å². The van der Waals surface area contributed by atoms with Crippen LogP contribution in [0.3, 0.4) is 0 Å². The third kappa shape index (κ3) is 3.57.